The largest absolute Gasteiger partial charge is 0.478 e. The van der Waals surface area contributed by atoms with Gasteiger partial charge in [0.2, 0.25) is 0 Å². The standard InChI is InChI=1S/C10H12N4O4S/c1-6-3-4-7(2)14(6)13-19(17,18)9-8(10(15)16)5-11-12-9/h3-5,13H,1-2H3,(H,11,12)(H,15,16). The van der Waals surface area contributed by atoms with Gasteiger partial charge in [-0.2, -0.15) is 13.5 Å². The number of carboxylic acid groups (broad SMARTS) is 1. The lowest BCUT2D eigenvalue weighted by Gasteiger charge is -2.12. The molecule has 2 rings (SSSR count). The number of H-pyrrole nitrogens is 1. The minimum Gasteiger partial charge on any atom is -0.478 e. The summed E-state index contributed by atoms with van der Waals surface area (Å²) >= 11 is 0. The molecule has 0 saturated heterocycles. The highest BCUT2D eigenvalue weighted by Crippen LogP contribution is 2.14. The van der Waals surface area contributed by atoms with Gasteiger partial charge in [-0.05, 0) is 26.0 Å². The summed E-state index contributed by atoms with van der Waals surface area (Å²) in [6.07, 6.45) is 0.951. The molecule has 2 heterocycles. The monoisotopic (exact) mass is 284 g/mol. The van der Waals surface area contributed by atoms with Crippen LogP contribution in [0.15, 0.2) is 23.4 Å². The van der Waals surface area contributed by atoms with Gasteiger partial charge in [0.25, 0.3) is 10.0 Å². The second kappa shape index (κ2) is 4.43. The van der Waals surface area contributed by atoms with Gasteiger partial charge in [0.15, 0.2) is 5.03 Å². The summed E-state index contributed by atoms with van der Waals surface area (Å²) in [5.74, 6) is -1.37. The first-order valence-corrected chi connectivity index (χ1v) is 6.75. The van der Waals surface area contributed by atoms with Gasteiger partial charge in [0.05, 0.1) is 6.20 Å². The highest BCUT2D eigenvalue weighted by atomic mass is 32.2. The van der Waals surface area contributed by atoms with Crippen LogP contribution in [0.2, 0.25) is 0 Å². The van der Waals surface area contributed by atoms with Crippen molar-refractivity contribution >= 4 is 16.0 Å². The minimum absolute atomic E-state index is 0.407. The van der Waals surface area contributed by atoms with Crippen LogP contribution in [-0.2, 0) is 10.0 Å². The predicted octanol–water partition coefficient (Wildman–Crippen LogP) is 0.459. The number of carboxylic acids is 1. The van der Waals surface area contributed by atoms with Crippen molar-refractivity contribution in [1.82, 2.24) is 14.9 Å². The van der Waals surface area contributed by atoms with Gasteiger partial charge in [-0.3, -0.25) is 9.77 Å². The Labute approximate surface area is 109 Å². The lowest BCUT2D eigenvalue weighted by atomic mass is 10.4. The van der Waals surface area contributed by atoms with Crippen molar-refractivity contribution in [1.29, 1.82) is 0 Å². The maximum atomic E-state index is 12.1. The van der Waals surface area contributed by atoms with Crippen molar-refractivity contribution in [3.8, 4) is 0 Å². The molecule has 0 fully saturated rings. The number of sulfonamides is 1. The van der Waals surface area contributed by atoms with Gasteiger partial charge >= 0.3 is 5.97 Å². The van der Waals surface area contributed by atoms with Crippen molar-refractivity contribution in [2.24, 2.45) is 0 Å². The summed E-state index contributed by atoms with van der Waals surface area (Å²) in [7, 11) is -4.05. The SMILES string of the molecule is Cc1ccc(C)n1NS(=O)(=O)c1[nH]ncc1C(=O)O. The molecule has 3 N–H and O–H groups in total. The number of carbonyl (C=O) groups is 1. The lowest BCUT2D eigenvalue weighted by Crippen LogP contribution is -2.26. The number of hydrogen-bond donors (Lipinski definition) is 3. The van der Waals surface area contributed by atoms with Crippen LogP contribution in [0.4, 0.5) is 0 Å². The molecule has 2 aromatic heterocycles. The quantitative estimate of drug-likeness (QED) is 0.754. The van der Waals surface area contributed by atoms with Gasteiger partial charge in [-0.15, -0.1) is 0 Å². The molecule has 0 aliphatic rings. The predicted molar refractivity (Wildman–Crippen MR) is 66.0 cm³/mol. The van der Waals surface area contributed by atoms with E-state index in [0.717, 1.165) is 6.20 Å². The van der Waals surface area contributed by atoms with Crippen molar-refractivity contribution in [2.45, 2.75) is 18.9 Å². The first-order valence-electron chi connectivity index (χ1n) is 5.27. The Morgan fingerprint density at radius 2 is 1.95 bits per heavy atom. The van der Waals surface area contributed by atoms with Crippen LogP contribution in [0.1, 0.15) is 21.7 Å². The topological polar surface area (TPSA) is 117 Å². The molecular weight excluding hydrogens is 272 g/mol. The Bertz CT molecular complexity index is 709. The van der Waals surface area contributed by atoms with Crippen LogP contribution in [0.25, 0.3) is 0 Å². The lowest BCUT2D eigenvalue weighted by molar-refractivity contribution is 0.0692. The number of nitrogens with zero attached hydrogens (tertiary/aromatic N) is 2. The third kappa shape index (κ3) is 2.32. The second-order valence-electron chi connectivity index (χ2n) is 3.96. The molecule has 0 radical (unpaired) electrons. The molecule has 102 valence electrons. The van der Waals surface area contributed by atoms with Crippen LogP contribution in [-0.4, -0.2) is 34.4 Å². The summed E-state index contributed by atoms with van der Waals surface area (Å²) in [6, 6.07) is 3.48. The van der Waals surface area contributed by atoms with Crippen LogP contribution in [0.5, 0.6) is 0 Å². The fourth-order valence-corrected chi connectivity index (χ4v) is 2.83. The highest BCUT2D eigenvalue weighted by Gasteiger charge is 2.25. The van der Waals surface area contributed by atoms with Crippen molar-refractivity contribution in [3.05, 3.63) is 35.3 Å². The zero-order valence-electron chi connectivity index (χ0n) is 10.2. The maximum absolute atomic E-state index is 12.1. The van der Waals surface area contributed by atoms with Gasteiger partial charge in [0, 0.05) is 11.4 Å². The van der Waals surface area contributed by atoms with Gasteiger partial charge < -0.3 is 5.11 Å². The molecule has 0 aliphatic carbocycles. The first kappa shape index (κ1) is 13.1. The zero-order chi connectivity index (χ0) is 14.2. The van der Waals surface area contributed by atoms with Crippen LogP contribution >= 0.6 is 0 Å². The molecule has 2 aromatic rings. The number of aromatic nitrogens is 3. The van der Waals surface area contributed by atoms with Crippen molar-refractivity contribution < 1.29 is 18.3 Å². The smallest absolute Gasteiger partial charge is 0.340 e. The zero-order valence-corrected chi connectivity index (χ0v) is 11.0. The summed E-state index contributed by atoms with van der Waals surface area (Å²) < 4.78 is 25.6. The van der Waals surface area contributed by atoms with E-state index in [4.69, 9.17) is 5.11 Å². The van der Waals surface area contributed by atoms with E-state index in [1.54, 1.807) is 26.0 Å². The second-order valence-corrected chi connectivity index (χ2v) is 5.56. The van der Waals surface area contributed by atoms with E-state index in [1.165, 1.54) is 4.68 Å². The van der Waals surface area contributed by atoms with E-state index in [1.807, 2.05) is 0 Å². The normalized spacial score (nSPS) is 11.5. The first-order chi connectivity index (χ1) is 8.83. The van der Waals surface area contributed by atoms with Crippen molar-refractivity contribution in [3.63, 3.8) is 0 Å². The highest BCUT2D eigenvalue weighted by molar-refractivity contribution is 7.92. The molecular formula is C10H12N4O4S. The van der Waals surface area contributed by atoms with Gasteiger partial charge in [-0.1, -0.05) is 0 Å². The molecule has 0 spiro atoms. The Hall–Kier alpha value is -2.29. The van der Waals surface area contributed by atoms with Crippen LogP contribution < -0.4 is 4.83 Å². The Morgan fingerprint density at radius 3 is 2.47 bits per heavy atom. The molecule has 0 atom stereocenters. The van der Waals surface area contributed by atoms with E-state index in [2.05, 4.69) is 15.0 Å². The van der Waals surface area contributed by atoms with E-state index in [-0.39, 0.29) is 0 Å². The summed E-state index contributed by atoms with van der Waals surface area (Å²) in [5, 5.41) is 14.0. The average molecular weight is 284 g/mol. The van der Waals surface area contributed by atoms with E-state index in [0.29, 0.717) is 11.4 Å². The maximum Gasteiger partial charge on any atom is 0.340 e. The van der Waals surface area contributed by atoms with Gasteiger partial charge in [0.1, 0.15) is 5.56 Å². The van der Waals surface area contributed by atoms with Crippen LogP contribution in [0, 0.1) is 13.8 Å². The van der Waals surface area contributed by atoms with Crippen molar-refractivity contribution in [2.75, 3.05) is 4.83 Å². The molecule has 0 aromatic carbocycles. The Kier molecular flexibility index (Phi) is 3.06. The third-order valence-electron chi connectivity index (χ3n) is 2.59. The molecule has 0 amide bonds. The molecule has 0 bridgehead atoms. The number of hydrogen-bond acceptors (Lipinski definition) is 4. The fraction of sp³-hybridized carbons (Fsp3) is 0.200. The summed E-state index contributed by atoms with van der Waals surface area (Å²) in [6.45, 7) is 3.45. The Morgan fingerprint density at radius 1 is 1.37 bits per heavy atom. The number of aromatic amines is 1. The molecule has 19 heavy (non-hydrogen) atoms. The average Bonchev–Trinajstić information content (AvgIpc) is 2.91. The molecule has 9 heteroatoms. The minimum atomic E-state index is -4.05. The number of nitrogens with one attached hydrogen (secondary N) is 2. The number of aromatic carboxylic acids is 1. The van der Waals surface area contributed by atoms with Crippen LogP contribution in [0.3, 0.4) is 0 Å². The number of aryl methyl sites for hydroxylation is 2. The van der Waals surface area contributed by atoms with Gasteiger partial charge in [-0.25, -0.2) is 9.63 Å². The van der Waals surface area contributed by atoms with E-state index in [9.17, 15) is 13.2 Å². The molecule has 8 nitrogen and oxygen atoms in total. The van der Waals surface area contributed by atoms with E-state index < -0.39 is 26.6 Å². The molecule has 0 unspecified atom stereocenters. The fourth-order valence-electron chi connectivity index (χ4n) is 1.61. The van der Waals surface area contributed by atoms with E-state index >= 15 is 0 Å². The third-order valence-corrected chi connectivity index (χ3v) is 3.86. The molecule has 0 saturated carbocycles. The Balaban J connectivity index is 2.44. The summed E-state index contributed by atoms with van der Waals surface area (Å²) in [4.78, 5) is 13.2. The number of rotatable bonds is 4. The summed E-state index contributed by atoms with van der Waals surface area (Å²) in [5.41, 5.74) is 0.949. The molecule has 0 aliphatic heterocycles.